The number of carbonyl (C=O) groups excluding carboxylic acids is 3. The Labute approximate surface area is 197 Å². The number of rotatable bonds is 5. The van der Waals surface area contributed by atoms with Gasteiger partial charge in [0.15, 0.2) is 0 Å². The molecule has 1 aromatic heterocycles. The fourth-order valence-electron chi connectivity index (χ4n) is 3.05. The van der Waals surface area contributed by atoms with E-state index in [1.54, 1.807) is 18.2 Å². The third-order valence-electron chi connectivity index (χ3n) is 4.46. The minimum Gasteiger partial charge on any atom is -0.427 e. The van der Waals surface area contributed by atoms with Gasteiger partial charge in [-0.05, 0) is 30.3 Å². The second-order valence-corrected chi connectivity index (χ2v) is 7.49. The van der Waals surface area contributed by atoms with Crippen molar-refractivity contribution in [2.45, 2.75) is 13.8 Å². The number of benzene rings is 2. The molecular formula is C22H19ClN4O7. The van der Waals surface area contributed by atoms with Crippen LogP contribution in [-0.2, 0) is 16.6 Å². The van der Waals surface area contributed by atoms with E-state index in [1.165, 1.54) is 31.3 Å². The van der Waals surface area contributed by atoms with Crippen molar-refractivity contribution in [1.82, 2.24) is 9.13 Å². The molecule has 0 aliphatic rings. The van der Waals surface area contributed by atoms with Crippen LogP contribution < -0.4 is 31.8 Å². The molecule has 2 aromatic carbocycles. The molecule has 1 amide bonds. The van der Waals surface area contributed by atoms with Crippen molar-refractivity contribution in [3.63, 3.8) is 0 Å². The van der Waals surface area contributed by atoms with Crippen LogP contribution in [0, 0.1) is 0 Å². The fourth-order valence-corrected chi connectivity index (χ4v) is 3.23. The van der Waals surface area contributed by atoms with Gasteiger partial charge in [-0.1, -0.05) is 17.7 Å². The van der Waals surface area contributed by atoms with Crippen LogP contribution in [0.2, 0.25) is 5.02 Å². The number of nitrogens with one attached hydrogen (secondary N) is 1. The summed E-state index contributed by atoms with van der Waals surface area (Å²) in [7, 11) is 1.22. The number of nitrogen functional groups attached to an aromatic ring is 1. The first-order chi connectivity index (χ1) is 16.0. The average Bonchev–Trinajstić information content (AvgIpc) is 2.74. The maximum Gasteiger partial charge on any atom is 0.337 e. The Morgan fingerprint density at radius 2 is 1.56 bits per heavy atom. The highest BCUT2D eigenvalue weighted by Gasteiger charge is 2.20. The Balaban J connectivity index is 2.10. The molecule has 0 saturated heterocycles. The highest BCUT2D eigenvalue weighted by atomic mass is 35.5. The minimum absolute atomic E-state index is 0.0684. The summed E-state index contributed by atoms with van der Waals surface area (Å²) in [5.41, 5.74) is 4.28. The normalized spacial score (nSPS) is 10.5. The molecule has 176 valence electrons. The van der Waals surface area contributed by atoms with Crippen LogP contribution in [0.3, 0.4) is 0 Å². The summed E-state index contributed by atoms with van der Waals surface area (Å²) in [5.74, 6) is -2.65. The van der Waals surface area contributed by atoms with Crippen molar-refractivity contribution in [1.29, 1.82) is 0 Å². The number of ether oxygens (including phenoxy) is 2. The Morgan fingerprint density at radius 1 is 0.971 bits per heavy atom. The lowest BCUT2D eigenvalue weighted by atomic mass is 10.2. The number of hydrogen-bond donors (Lipinski definition) is 2. The van der Waals surface area contributed by atoms with E-state index in [2.05, 4.69) is 5.32 Å². The topological polar surface area (TPSA) is 152 Å². The standard InChI is InChI=1S/C22H19ClN4O7/c1-11(28)33-16-7-13(8-17(10-16)34-12(2)29)20(30)25-18-19(24)27(22(32)26(3)21(18)31)15-6-4-5-14(23)9-15/h4-10H,24H2,1-3H3,(H,25,30). The molecule has 34 heavy (non-hydrogen) atoms. The number of nitrogens with zero attached hydrogens (tertiary/aromatic N) is 2. The number of amides is 1. The van der Waals surface area contributed by atoms with Crippen LogP contribution in [0.5, 0.6) is 11.5 Å². The largest absolute Gasteiger partial charge is 0.427 e. The third-order valence-corrected chi connectivity index (χ3v) is 4.70. The highest BCUT2D eigenvalue weighted by Crippen LogP contribution is 2.25. The molecule has 0 spiro atoms. The summed E-state index contributed by atoms with van der Waals surface area (Å²) >= 11 is 6.01. The average molecular weight is 487 g/mol. The van der Waals surface area contributed by atoms with Gasteiger partial charge < -0.3 is 20.5 Å². The molecule has 11 nitrogen and oxygen atoms in total. The molecule has 0 aliphatic carbocycles. The van der Waals surface area contributed by atoms with E-state index < -0.39 is 29.1 Å². The van der Waals surface area contributed by atoms with Gasteiger partial charge in [-0.2, -0.15) is 0 Å². The van der Waals surface area contributed by atoms with E-state index in [0.717, 1.165) is 23.0 Å². The molecule has 1 heterocycles. The van der Waals surface area contributed by atoms with Crippen LogP contribution >= 0.6 is 11.6 Å². The fraction of sp³-hybridized carbons (Fsp3) is 0.136. The lowest BCUT2D eigenvalue weighted by molar-refractivity contribution is -0.132. The molecular weight excluding hydrogens is 468 g/mol. The second-order valence-electron chi connectivity index (χ2n) is 7.06. The zero-order chi connectivity index (χ0) is 25.2. The quantitative estimate of drug-likeness (QED) is 0.409. The smallest absolute Gasteiger partial charge is 0.337 e. The molecule has 0 saturated carbocycles. The van der Waals surface area contributed by atoms with E-state index in [4.69, 9.17) is 26.8 Å². The van der Waals surface area contributed by atoms with Crippen LogP contribution in [0.1, 0.15) is 24.2 Å². The van der Waals surface area contributed by atoms with Gasteiger partial charge in [0.1, 0.15) is 23.0 Å². The molecule has 0 aliphatic heterocycles. The van der Waals surface area contributed by atoms with Gasteiger partial charge in [0.05, 0.1) is 5.69 Å². The maximum atomic E-state index is 13.0. The summed E-state index contributed by atoms with van der Waals surface area (Å²) < 4.78 is 11.8. The van der Waals surface area contributed by atoms with Crippen LogP contribution in [0.4, 0.5) is 11.5 Å². The Morgan fingerprint density at radius 3 is 2.09 bits per heavy atom. The number of aromatic nitrogens is 2. The number of carbonyl (C=O) groups is 3. The molecule has 12 heteroatoms. The van der Waals surface area contributed by atoms with Gasteiger partial charge in [-0.25, -0.2) is 9.36 Å². The van der Waals surface area contributed by atoms with E-state index >= 15 is 0 Å². The van der Waals surface area contributed by atoms with Crippen molar-refractivity contribution in [2.75, 3.05) is 11.1 Å². The number of hydrogen-bond acceptors (Lipinski definition) is 8. The maximum absolute atomic E-state index is 13.0. The lowest BCUT2D eigenvalue weighted by Gasteiger charge is -2.16. The van der Waals surface area contributed by atoms with Crippen molar-refractivity contribution >= 4 is 41.0 Å². The van der Waals surface area contributed by atoms with E-state index in [0.29, 0.717) is 5.02 Å². The van der Waals surface area contributed by atoms with Gasteiger partial charge in [0.25, 0.3) is 11.5 Å². The zero-order valence-electron chi connectivity index (χ0n) is 18.2. The second kappa shape index (κ2) is 9.63. The molecule has 3 rings (SSSR count). The Kier molecular flexibility index (Phi) is 6.87. The van der Waals surface area contributed by atoms with Gasteiger partial charge in [-0.15, -0.1) is 0 Å². The van der Waals surface area contributed by atoms with Gasteiger partial charge in [-0.3, -0.25) is 23.7 Å². The first kappa shape index (κ1) is 24.3. The molecule has 0 fully saturated rings. The first-order valence-electron chi connectivity index (χ1n) is 9.68. The first-order valence-corrected chi connectivity index (χ1v) is 10.1. The van der Waals surface area contributed by atoms with Gasteiger partial charge in [0.2, 0.25) is 0 Å². The summed E-state index contributed by atoms with van der Waals surface area (Å²) in [4.78, 5) is 61.1. The molecule has 3 N–H and O–H groups in total. The lowest BCUT2D eigenvalue weighted by Crippen LogP contribution is -2.40. The van der Waals surface area contributed by atoms with Crippen molar-refractivity contribution < 1.29 is 23.9 Å². The summed E-state index contributed by atoms with van der Waals surface area (Å²) in [6, 6.07) is 9.84. The van der Waals surface area contributed by atoms with Crippen LogP contribution in [0.15, 0.2) is 52.1 Å². The number of halogens is 1. The van der Waals surface area contributed by atoms with E-state index in [9.17, 15) is 24.0 Å². The monoisotopic (exact) mass is 486 g/mol. The molecule has 0 unspecified atom stereocenters. The molecule has 3 aromatic rings. The Hall–Kier alpha value is -4.38. The molecule has 0 bridgehead atoms. The third kappa shape index (κ3) is 5.15. The summed E-state index contributed by atoms with van der Waals surface area (Å²) in [6.45, 7) is 2.31. The van der Waals surface area contributed by atoms with E-state index in [1.807, 2.05) is 0 Å². The van der Waals surface area contributed by atoms with E-state index in [-0.39, 0.29) is 34.3 Å². The predicted molar refractivity (Wildman–Crippen MR) is 124 cm³/mol. The number of nitrogens with two attached hydrogens (primary N) is 1. The van der Waals surface area contributed by atoms with Crippen molar-refractivity contribution in [2.24, 2.45) is 7.05 Å². The molecule has 0 atom stereocenters. The Bertz CT molecular complexity index is 1410. The minimum atomic E-state index is -0.856. The van der Waals surface area contributed by atoms with Crippen LogP contribution in [0.25, 0.3) is 5.69 Å². The summed E-state index contributed by atoms with van der Waals surface area (Å²) in [6.07, 6.45) is 0. The zero-order valence-corrected chi connectivity index (χ0v) is 19.0. The SMILES string of the molecule is CC(=O)Oc1cc(OC(C)=O)cc(C(=O)Nc2c(N)n(-c3cccc(Cl)c3)c(=O)n(C)c2=O)c1. The number of anilines is 2. The molecule has 0 radical (unpaired) electrons. The highest BCUT2D eigenvalue weighted by molar-refractivity contribution is 6.30. The van der Waals surface area contributed by atoms with Crippen LogP contribution in [-0.4, -0.2) is 27.0 Å². The van der Waals surface area contributed by atoms with Crippen molar-refractivity contribution in [3.05, 3.63) is 73.9 Å². The number of esters is 2. The van der Waals surface area contributed by atoms with Gasteiger partial charge >= 0.3 is 17.6 Å². The summed E-state index contributed by atoms with van der Waals surface area (Å²) in [5, 5.41) is 2.70. The van der Waals surface area contributed by atoms with Crippen molar-refractivity contribution in [3.8, 4) is 17.2 Å². The predicted octanol–water partition coefficient (Wildman–Crippen LogP) is 1.87. The van der Waals surface area contributed by atoms with Gasteiger partial charge in [0, 0.05) is 37.5 Å².